The summed E-state index contributed by atoms with van der Waals surface area (Å²) in [6.07, 6.45) is 2.76. The summed E-state index contributed by atoms with van der Waals surface area (Å²) in [4.78, 5) is 12.6. The lowest BCUT2D eigenvalue weighted by Crippen LogP contribution is -2.18. The molecular weight excluding hydrogens is 424 g/mol. The van der Waals surface area contributed by atoms with Gasteiger partial charge in [-0.3, -0.25) is 4.79 Å². The molecular formula is C24H28N4O3S. The van der Waals surface area contributed by atoms with Gasteiger partial charge in [-0.1, -0.05) is 43.0 Å². The molecule has 1 aromatic heterocycles. The van der Waals surface area contributed by atoms with Crippen LogP contribution in [0.1, 0.15) is 18.3 Å². The van der Waals surface area contributed by atoms with Gasteiger partial charge >= 0.3 is 0 Å². The zero-order valence-electron chi connectivity index (χ0n) is 18.4. The Bertz CT molecular complexity index is 1030. The van der Waals surface area contributed by atoms with Gasteiger partial charge < -0.3 is 19.4 Å². The number of anilines is 1. The maximum atomic E-state index is 12.6. The molecule has 8 heteroatoms. The molecule has 168 valence electrons. The summed E-state index contributed by atoms with van der Waals surface area (Å²) in [5.41, 5.74) is 1.93. The number of para-hydroxylation sites is 1. The fraction of sp³-hybridized carbons (Fsp3) is 0.292. The lowest BCUT2D eigenvalue weighted by molar-refractivity contribution is -0.115. The Morgan fingerprint density at radius 3 is 2.62 bits per heavy atom. The first kappa shape index (κ1) is 23.4. The lowest BCUT2D eigenvalue weighted by Gasteiger charge is -2.11. The second-order valence-corrected chi connectivity index (χ2v) is 7.97. The number of amides is 1. The lowest BCUT2D eigenvalue weighted by atomic mass is 10.1. The first-order chi connectivity index (χ1) is 15.6. The summed E-state index contributed by atoms with van der Waals surface area (Å²) in [6.45, 7) is 6.93. The van der Waals surface area contributed by atoms with Crippen molar-refractivity contribution in [3.63, 3.8) is 0 Å². The fourth-order valence-corrected chi connectivity index (χ4v) is 3.91. The van der Waals surface area contributed by atoms with E-state index in [1.54, 1.807) is 13.2 Å². The van der Waals surface area contributed by atoms with Crippen LogP contribution in [0.15, 0.2) is 66.3 Å². The first-order valence-electron chi connectivity index (χ1n) is 10.4. The van der Waals surface area contributed by atoms with E-state index in [2.05, 4.69) is 29.0 Å². The van der Waals surface area contributed by atoms with Crippen LogP contribution in [0, 0.1) is 0 Å². The molecule has 2 aromatic carbocycles. The minimum Gasteiger partial charge on any atom is -0.497 e. The topological polar surface area (TPSA) is 78.3 Å². The van der Waals surface area contributed by atoms with E-state index in [4.69, 9.17) is 9.47 Å². The first-order valence-corrected chi connectivity index (χ1v) is 11.4. The number of methoxy groups -OCH3 is 1. The Labute approximate surface area is 192 Å². The van der Waals surface area contributed by atoms with Crippen molar-refractivity contribution in [3.8, 4) is 11.5 Å². The number of rotatable bonds is 12. The minimum absolute atomic E-state index is 0.122. The number of benzene rings is 2. The Balaban J connectivity index is 1.56. The van der Waals surface area contributed by atoms with E-state index in [9.17, 15) is 4.79 Å². The summed E-state index contributed by atoms with van der Waals surface area (Å²) < 4.78 is 12.8. The molecule has 0 bridgehead atoms. The van der Waals surface area contributed by atoms with Crippen molar-refractivity contribution in [2.45, 2.75) is 31.5 Å². The Hall–Kier alpha value is -3.26. The molecule has 0 fully saturated rings. The summed E-state index contributed by atoms with van der Waals surface area (Å²) in [7, 11) is 1.63. The van der Waals surface area contributed by atoms with Crippen molar-refractivity contribution in [1.82, 2.24) is 14.8 Å². The van der Waals surface area contributed by atoms with E-state index in [1.807, 2.05) is 53.1 Å². The van der Waals surface area contributed by atoms with Gasteiger partial charge in [-0.05, 0) is 42.3 Å². The molecule has 0 spiro atoms. The molecule has 7 nitrogen and oxygen atoms in total. The highest BCUT2D eigenvalue weighted by atomic mass is 32.2. The molecule has 0 aliphatic carbocycles. The highest BCUT2D eigenvalue weighted by Crippen LogP contribution is 2.21. The molecule has 1 N–H and O–H groups in total. The van der Waals surface area contributed by atoms with Gasteiger partial charge in [0.1, 0.15) is 17.3 Å². The molecule has 1 heterocycles. The molecule has 0 atom stereocenters. The van der Waals surface area contributed by atoms with Gasteiger partial charge in [0.2, 0.25) is 5.91 Å². The number of nitrogens with one attached hydrogen (secondary N) is 1. The second-order valence-electron chi connectivity index (χ2n) is 6.91. The number of thioether (sulfide) groups is 1. The van der Waals surface area contributed by atoms with Crippen LogP contribution in [0.4, 0.5) is 5.69 Å². The van der Waals surface area contributed by atoms with Gasteiger partial charge in [0, 0.05) is 18.0 Å². The molecule has 1 amide bonds. The number of ether oxygens (including phenoxy) is 2. The van der Waals surface area contributed by atoms with Crippen molar-refractivity contribution < 1.29 is 14.3 Å². The van der Waals surface area contributed by atoms with Crippen molar-refractivity contribution >= 4 is 23.4 Å². The average Bonchev–Trinajstić information content (AvgIpc) is 3.18. The largest absolute Gasteiger partial charge is 0.497 e. The maximum absolute atomic E-state index is 12.6. The van der Waals surface area contributed by atoms with Crippen molar-refractivity contribution in [1.29, 1.82) is 0 Å². The SMILES string of the molecule is C=CCn1c(CC(=O)Nc2ccccc2CC)nnc1SCCOc1ccc(OC)cc1. The highest BCUT2D eigenvalue weighted by Gasteiger charge is 2.16. The molecule has 0 radical (unpaired) electrons. The van der Waals surface area contributed by atoms with E-state index >= 15 is 0 Å². The quantitative estimate of drug-likeness (QED) is 0.250. The number of hydrogen-bond donors (Lipinski definition) is 1. The third-order valence-electron chi connectivity index (χ3n) is 4.74. The smallest absolute Gasteiger partial charge is 0.232 e. The average molecular weight is 453 g/mol. The van der Waals surface area contributed by atoms with E-state index in [-0.39, 0.29) is 12.3 Å². The van der Waals surface area contributed by atoms with Gasteiger partial charge in [-0.25, -0.2) is 0 Å². The minimum atomic E-state index is -0.122. The number of aryl methyl sites for hydroxylation is 1. The number of carbonyl (C=O) groups excluding carboxylic acids is 1. The zero-order valence-corrected chi connectivity index (χ0v) is 19.2. The normalized spacial score (nSPS) is 10.6. The van der Waals surface area contributed by atoms with E-state index in [0.717, 1.165) is 34.3 Å². The second kappa shape index (κ2) is 12.0. The number of aromatic nitrogens is 3. The van der Waals surface area contributed by atoms with Gasteiger partial charge in [-0.15, -0.1) is 16.8 Å². The molecule has 0 aliphatic heterocycles. The van der Waals surface area contributed by atoms with E-state index in [1.165, 1.54) is 11.8 Å². The van der Waals surface area contributed by atoms with Gasteiger partial charge in [0.15, 0.2) is 5.16 Å². The maximum Gasteiger partial charge on any atom is 0.232 e. The number of allylic oxidation sites excluding steroid dienone is 1. The summed E-state index contributed by atoms with van der Waals surface area (Å²) in [5, 5.41) is 12.2. The van der Waals surface area contributed by atoms with E-state index in [0.29, 0.717) is 24.7 Å². The third kappa shape index (κ3) is 6.37. The van der Waals surface area contributed by atoms with E-state index < -0.39 is 0 Å². The van der Waals surface area contributed by atoms with Crippen LogP contribution in [0.3, 0.4) is 0 Å². The van der Waals surface area contributed by atoms with Crippen LogP contribution >= 0.6 is 11.8 Å². The highest BCUT2D eigenvalue weighted by molar-refractivity contribution is 7.99. The molecule has 3 aromatic rings. The third-order valence-corrected chi connectivity index (χ3v) is 5.67. The monoisotopic (exact) mass is 452 g/mol. The molecule has 0 saturated heterocycles. The van der Waals surface area contributed by atoms with Gasteiger partial charge in [0.25, 0.3) is 0 Å². The van der Waals surface area contributed by atoms with Crippen LogP contribution in [0.25, 0.3) is 0 Å². The Morgan fingerprint density at radius 1 is 1.16 bits per heavy atom. The number of hydrogen-bond acceptors (Lipinski definition) is 6. The van der Waals surface area contributed by atoms with Gasteiger partial charge in [0.05, 0.1) is 20.1 Å². The Kier molecular flexibility index (Phi) is 8.74. The van der Waals surface area contributed by atoms with Crippen LogP contribution < -0.4 is 14.8 Å². The molecule has 0 unspecified atom stereocenters. The Morgan fingerprint density at radius 2 is 1.91 bits per heavy atom. The molecule has 0 aliphatic rings. The van der Waals surface area contributed by atoms with Crippen LogP contribution in [0.5, 0.6) is 11.5 Å². The molecule has 3 rings (SSSR count). The molecule has 32 heavy (non-hydrogen) atoms. The van der Waals surface area contributed by atoms with Crippen molar-refractivity contribution in [2.24, 2.45) is 0 Å². The van der Waals surface area contributed by atoms with Gasteiger partial charge in [-0.2, -0.15) is 0 Å². The van der Waals surface area contributed by atoms with Crippen LogP contribution in [0.2, 0.25) is 0 Å². The predicted molar refractivity (Wildman–Crippen MR) is 128 cm³/mol. The summed E-state index contributed by atoms with van der Waals surface area (Å²) in [5.74, 6) is 2.75. The van der Waals surface area contributed by atoms with Crippen molar-refractivity contribution in [2.75, 3.05) is 24.8 Å². The van der Waals surface area contributed by atoms with Crippen LogP contribution in [-0.2, 0) is 24.2 Å². The number of carbonyl (C=O) groups is 1. The standard InChI is InChI=1S/C24H28N4O3S/c1-4-14-28-22(17-23(29)25-21-9-7-6-8-18(21)5-2)26-27-24(28)32-16-15-31-20-12-10-19(30-3)11-13-20/h4,6-13H,1,5,14-17H2,2-3H3,(H,25,29). The van der Waals surface area contributed by atoms with Crippen LogP contribution in [-0.4, -0.2) is 40.1 Å². The predicted octanol–water partition coefficient (Wildman–Crippen LogP) is 4.39. The molecule has 0 saturated carbocycles. The van der Waals surface area contributed by atoms with Crippen molar-refractivity contribution in [3.05, 3.63) is 72.6 Å². The zero-order chi connectivity index (χ0) is 22.8. The summed E-state index contributed by atoms with van der Waals surface area (Å²) in [6, 6.07) is 15.3. The number of nitrogens with zero attached hydrogens (tertiary/aromatic N) is 3. The fourth-order valence-electron chi connectivity index (χ4n) is 3.12. The summed E-state index contributed by atoms with van der Waals surface area (Å²) >= 11 is 1.53.